The normalized spacial score (nSPS) is 11.5. The number of carbonyl (C=O) groups is 1. The Morgan fingerprint density at radius 2 is 1.92 bits per heavy atom. The Hall–Kier alpha value is -3.53. The zero-order valence-corrected chi connectivity index (χ0v) is 13.3. The average molecular weight is 333 g/mol. The Morgan fingerprint density at radius 3 is 2.64 bits per heavy atom. The van der Waals surface area contributed by atoms with E-state index in [4.69, 9.17) is 10.00 Å². The third kappa shape index (κ3) is 4.06. The SMILES string of the molecule is N#Cc1ccccc1COC(=O)[C@H](Cc1ccccc1)n1cnnn1. The summed E-state index contributed by atoms with van der Waals surface area (Å²) in [4.78, 5) is 12.6. The second-order valence-electron chi connectivity index (χ2n) is 5.37. The van der Waals surface area contributed by atoms with Crippen molar-refractivity contribution in [1.82, 2.24) is 20.2 Å². The maximum atomic E-state index is 12.6. The first-order chi connectivity index (χ1) is 12.3. The lowest BCUT2D eigenvalue weighted by Gasteiger charge is -2.16. The summed E-state index contributed by atoms with van der Waals surface area (Å²) < 4.78 is 6.80. The molecule has 0 saturated carbocycles. The minimum atomic E-state index is -0.674. The predicted molar refractivity (Wildman–Crippen MR) is 88.0 cm³/mol. The van der Waals surface area contributed by atoms with Crippen LogP contribution in [-0.4, -0.2) is 26.2 Å². The van der Waals surface area contributed by atoms with Crippen LogP contribution in [0.2, 0.25) is 0 Å². The molecule has 1 atom stereocenters. The number of nitriles is 1. The number of esters is 1. The van der Waals surface area contributed by atoms with E-state index in [1.165, 1.54) is 11.0 Å². The van der Waals surface area contributed by atoms with Crippen molar-refractivity contribution in [3.05, 3.63) is 77.6 Å². The van der Waals surface area contributed by atoms with Crippen molar-refractivity contribution in [3.63, 3.8) is 0 Å². The number of hydrogen-bond donors (Lipinski definition) is 0. The summed E-state index contributed by atoms with van der Waals surface area (Å²) in [5, 5.41) is 20.1. The lowest BCUT2D eigenvalue weighted by molar-refractivity contribution is -0.149. The van der Waals surface area contributed by atoms with Gasteiger partial charge in [-0.05, 0) is 22.1 Å². The van der Waals surface area contributed by atoms with Gasteiger partial charge < -0.3 is 4.74 Å². The van der Waals surface area contributed by atoms with Crippen LogP contribution in [0.5, 0.6) is 0 Å². The average Bonchev–Trinajstić information content (AvgIpc) is 3.19. The lowest BCUT2D eigenvalue weighted by Crippen LogP contribution is -2.25. The quantitative estimate of drug-likeness (QED) is 0.641. The number of benzene rings is 2. The third-order valence-corrected chi connectivity index (χ3v) is 3.74. The molecular weight excluding hydrogens is 318 g/mol. The first-order valence-corrected chi connectivity index (χ1v) is 7.69. The van der Waals surface area contributed by atoms with Gasteiger partial charge in [-0.25, -0.2) is 9.48 Å². The van der Waals surface area contributed by atoms with Crippen molar-refractivity contribution in [1.29, 1.82) is 5.26 Å². The van der Waals surface area contributed by atoms with E-state index < -0.39 is 12.0 Å². The first kappa shape index (κ1) is 16.3. The molecule has 0 unspecified atom stereocenters. The van der Waals surface area contributed by atoms with E-state index in [0.29, 0.717) is 17.5 Å². The van der Waals surface area contributed by atoms with Gasteiger partial charge >= 0.3 is 5.97 Å². The molecule has 0 amide bonds. The van der Waals surface area contributed by atoms with Crippen molar-refractivity contribution in [2.75, 3.05) is 0 Å². The summed E-state index contributed by atoms with van der Waals surface area (Å²) >= 11 is 0. The molecule has 7 nitrogen and oxygen atoms in total. The molecule has 0 fully saturated rings. The van der Waals surface area contributed by atoms with Crippen LogP contribution in [0.4, 0.5) is 0 Å². The Bertz CT molecular complexity index is 872. The highest BCUT2D eigenvalue weighted by Gasteiger charge is 2.24. The molecule has 0 aliphatic rings. The summed E-state index contributed by atoms with van der Waals surface area (Å²) in [5.74, 6) is -0.455. The second-order valence-corrected chi connectivity index (χ2v) is 5.37. The van der Waals surface area contributed by atoms with Gasteiger partial charge in [0.05, 0.1) is 11.6 Å². The van der Waals surface area contributed by atoms with E-state index in [0.717, 1.165) is 5.56 Å². The zero-order chi connectivity index (χ0) is 17.5. The lowest BCUT2D eigenvalue weighted by atomic mass is 10.1. The van der Waals surface area contributed by atoms with Crippen LogP contribution >= 0.6 is 0 Å². The fourth-order valence-corrected chi connectivity index (χ4v) is 2.43. The topological polar surface area (TPSA) is 93.7 Å². The molecule has 0 saturated heterocycles. The van der Waals surface area contributed by atoms with E-state index in [9.17, 15) is 4.79 Å². The van der Waals surface area contributed by atoms with Crippen LogP contribution in [0, 0.1) is 11.3 Å². The van der Waals surface area contributed by atoms with Gasteiger partial charge in [-0.1, -0.05) is 48.5 Å². The van der Waals surface area contributed by atoms with Crippen molar-refractivity contribution < 1.29 is 9.53 Å². The van der Waals surface area contributed by atoms with Crippen LogP contribution in [0.15, 0.2) is 60.9 Å². The van der Waals surface area contributed by atoms with E-state index in [1.54, 1.807) is 24.3 Å². The minimum absolute atomic E-state index is 0.0238. The number of ether oxygens (including phenoxy) is 1. The van der Waals surface area contributed by atoms with Gasteiger partial charge in [0.2, 0.25) is 0 Å². The Morgan fingerprint density at radius 1 is 1.16 bits per heavy atom. The Kier molecular flexibility index (Phi) is 5.12. The molecule has 3 aromatic rings. The summed E-state index contributed by atoms with van der Waals surface area (Å²) in [6.45, 7) is 0.0238. The number of tetrazole rings is 1. The van der Waals surface area contributed by atoms with E-state index in [1.807, 2.05) is 30.3 Å². The molecule has 0 aliphatic heterocycles. The number of aromatic nitrogens is 4. The van der Waals surface area contributed by atoms with Crippen molar-refractivity contribution >= 4 is 5.97 Å². The van der Waals surface area contributed by atoms with Crippen molar-refractivity contribution in [2.45, 2.75) is 19.1 Å². The standard InChI is InChI=1S/C18H15N5O2/c19-11-15-8-4-5-9-16(15)12-25-18(24)17(23-13-20-21-22-23)10-14-6-2-1-3-7-14/h1-9,13,17H,10,12H2/t17-/m0/s1. The molecular formula is C18H15N5O2. The van der Waals surface area contributed by atoms with Crippen LogP contribution in [0.3, 0.4) is 0 Å². The number of hydrogen-bond acceptors (Lipinski definition) is 6. The van der Waals surface area contributed by atoms with Gasteiger partial charge in [-0.2, -0.15) is 5.26 Å². The Balaban J connectivity index is 1.74. The van der Waals surface area contributed by atoms with E-state index in [-0.39, 0.29) is 6.61 Å². The summed E-state index contributed by atoms with van der Waals surface area (Å²) in [6, 6.07) is 18.0. The van der Waals surface area contributed by atoms with Gasteiger partial charge in [0.25, 0.3) is 0 Å². The van der Waals surface area contributed by atoms with E-state index in [2.05, 4.69) is 21.6 Å². The molecule has 2 aromatic carbocycles. The maximum absolute atomic E-state index is 12.6. The highest BCUT2D eigenvalue weighted by molar-refractivity contribution is 5.74. The predicted octanol–water partition coefficient (Wildman–Crippen LogP) is 2.07. The molecule has 0 aliphatic carbocycles. The smallest absolute Gasteiger partial charge is 0.331 e. The largest absolute Gasteiger partial charge is 0.459 e. The second kappa shape index (κ2) is 7.84. The van der Waals surface area contributed by atoms with Crippen LogP contribution < -0.4 is 0 Å². The molecule has 7 heteroatoms. The highest BCUT2D eigenvalue weighted by atomic mass is 16.5. The number of nitrogens with zero attached hydrogens (tertiary/aromatic N) is 5. The number of carbonyl (C=O) groups excluding carboxylic acids is 1. The van der Waals surface area contributed by atoms with Crippen LogP contribution in [0.25, 0.3) is 0 Å². The van der Waals surface area contributed by atoms with Gasteiger partial charge in [-0.15, -0.1) is 5.10 Å². The monoisotopic (exact) mass is 333 g/mol. The van der Waals surface area contributed by atoms with Gasteiger partial charge in [0, 0.05) is 12.0 Å². The van der Waals surface area contributed by atoms with Crippen LogP contribution in [0.1, 0.15) is 22.7 Å². The van der Waals surface area contributed by atoms with Crippen molar-refractivity contribution in [3.8, 4) is 6.07 Å². The Labute approximate surface area is 144 Å². The van der Waals surface area contributed by atoms with Gasteiger partial charge in [0.15, 0.2) is 6.04 Å². The fraction of sp³-hybridized carbons (Fsp3) is 0.167. The molecule has 1 heterocycles. The van der Waals surface area contributed by atoms with Crippen molar-refractivity contribution in [2.24, 2.45) is 0 Å². The molecule has 0 radical (unpaired) electrons. The third-order valence-electron chi connectivity index (χ3n) is 3.74. The van der Waals surface area contributed by atoms with Gasteiger partial charge in [0.1, 0.15) is 12.9 Å². The summed E-state index contributed by atoms with van der Waals surface area (Å²) in [7, 11) is 0. The van der Waals surface area contributed by atoms with Crippen LogP contribution in [-0.2, 0) is 22.6 Å². The highest BCUT2D eigenvalue weighted by Crippen LogP contribution is 2.17. The number of rotatable bonds is 6. The molecule has 0 spiro atoms. The van der Waals surface area contributed by atoms with E-state index >= 15 is 0 Å². The molecule has 0 bridgehead atoms. The summed E-state index contributed by atoms with van der Waals surface area (Å²) in [6.07, 6.45) is 1.79. The first-order valence-electron chi connectivity index (χ1n) is 7.69. The molecule has 3 rings (SSSR count). The summed E-state index contributed by atoms with van der Waals surface area (Å²) in [5.41, 5.74) is 2.11. The zero-order valence-electron chi connectivity index (χ0n) is 13.3. The molecule has 0 N–H and O–H groups in total. The molecule has 1 aromatic heterocycles. The maximum Gasteiger partial charge on any atom is 0.331 e. The molecule has 25 heavy (non-hydrogen) atoms. The minimum Gasteiger partial charge on any atom is -0.459 e. The molecule has 124 valence electrons. The van der Waals surface area contributed by atoms with Gasteiger partial charge in [-0.3, -0.25) is 0 Å². The fourth-order valence-electron chi connectivity index (χ4n) is 2.43.